The molecule has 1 aliphatic rings. The van der Waals surface area contributed by atoms with Gasteiger partial charge in [-0.2, -0.15) is 0 Å². The van der Waals surface area contributed by atoms with E-state index in [0.717, 1.165) is 0 Å². The minimum absolute atomic E-state index is 0.0319. The van der Waals surface area contributed by atoms with Crippen LogP contribution >= 0.6 is 0 Å². The summed E-state index contributed by atoms with van der Waals surface area (Å²) in [7, 11) is 0. The molecule has 28 heavy (non-hydrogen) atoms. The Morgan fingerprint density at radius 3 is 1.18 bits per heavy atom. The summed E-state index contributed by atoms with van der Waals surface area (Å²) in [5.41, 5.74) is 21.4. The van der Waals surface area contributed by atoms with Gasteiger partial charge >= 0.3 is 0 Å². The van der Waals surface area contributed by atoms with Gasteiger partial charge in [0.1, 0.15) is 0 Å². The normalized spacial score (nSPS) is 19.4. The van der Waals surface area contributed by atoms with Crippen LogP contribution in [0.1, 0.15) is 19.3 Å². The van der Waals surface area contributed by atoms with Crippen LogP contribution < -0.4 is 22.9 Å². The average molecular weight is 399 g/mol. The molecule has 1 heterocycles. The molecule has 160 valence electrons. The predicted molar refractivity (Wildman–Crippen MR) is 103 cm³/mol. The van der Waals surface area contributed by atoms with E-state index in [9.17, 15) is 19.2 Å². The van der Waals surface area contributed by atoms with Crippen LogP contribution in [0.5, 0.6) is 0 Å². The van der Waals surface area contributed by atoms with Gasteiger partial charge in [0.2, 0.25) is 23.6 Å². The van der Waals surface area contributed by atoms with Crippen LogP contribution in [0, 0.1) is 5.92 Å². The third-order valence-electron chi connectivity index (χ3n) is 4.80. The summed E-state index contributed by atoms with van der Waals surface area (Å²) in [4.78, 5) is 51.2. The van der Waals surface area contributed by atoms with Gasteiger partial charge in [0.15, 0.2) is 0 Å². The van der Waals surface area contributed by atoms with Crippen molar-refractivity contribution in [1.82, 2.24) is 14.7 Å². The molecular weight excluding hydrogens is 366 g/mol. The Hall–Kier alpha value is -2.24. The van der Waals surface area contributed by atoms with E-state index in [-0.39, 0.29) is 37.9 Å². The molecule has 0 aromatic heterocycles. The summed E-state index contributed by atoms with van der Waals surface area (Å²) < 4.78 is 0. The Kier molecular flexibility index (Phi) is 10.4. The highest BCUT2D eigenvalue weighted by Crippen LogP contribution is 2.16. The fraction of sp³-hybridized carbons (Fsp3) is 0.765. The van der Waals surface area contributed by atoms with Crippen LogP contribution in [0.3, 0.4) is 0 Å². The largest absolute Gasteiger partial charge is 0.370 e. The van der Waals surface area contributed by atoms with Crippen molar-refractivity contribution in [3.8, 4) is 0 Å². The van der Waals surface area contributed by atoms with Crippen molar-refractivity contribution in [2.75, 3.05) is 58.9 Å². The van der Waals surface area contributed by atoms with Crippen molar-refractivity contribution >= 4 is 23.6 Å². The van der Waals surface area contributed by atoms with E-state index in [1.165, 1.54) is 0 Å². The monoisotopic (exact) mass is 399 g/mol. The Balaban J connectivity index is 2.90. The van der Waals surface area contributed by atoms with Crippen molar-refractivity contribution in [3.63, 3.8) is 0 Å². The van der Waals surface area contributed by atoms with Gasteiger partial charge in [0, 0.05) is 32.6 Å². The van der Waals surface area contributed by atoms with E-state index in [2.05, 4.69) is 0 Å². The lowest BCUT2D eigenvalue weighted by Crippen LogP contribution is -2.47. The molecule has 0 spiro atoms. The Bertz CT molecular complexity index is 446. The Morgan fingerprint density at radius 2 is 0.893 bits per heavy atom. The number of amides is 4. The number of hydrogen-bond acceptors (Lipinski definition) is 7. The molecule has 1 aliphatic heterocycles. The quantitative estimate of drug-likeness (QED) is 0.328. The first kappa shape index (κ1) is 23.8. The van der Waals surface area contributed by atoms with Gasteiger partial charge in [-0.3, -0.25) is 33.9 Å². The maximum atomic E-state index is 11.4. The molecule has 0 saturated carbocycles. The standard InChI is InChI=1S/C17H33N7O4/c18-14(25)9-13-1-3-22(10-15(19)26)5-7-24(12-17(21)28)8-6-23(4-2-13)11-16(20)27/h13H,1-12H2,(H2,18,25)(H2,19,26)(H2,20,27)(H2,21,28). The van der Waals surface area contributed by atoms with E-state index in [1.54, 1.807) is 0 Å². The summed E-state index contributed by atoms with van der Waals surface area (Å²) in [5.74, 6) is -1.67. The SMILES string of the molecule is NC(=O)CC1CCN(CC(N)=O)CCN(CC(N)=O)CCN(CC(N)=O)CC1. The average Bonchev–Trinajstić information content (AvgIpc) is 2.55. The minimum Gasteiger partial charge on any atom is -0.370 e. The van der Waals surface area contributed by atoms with Gasteiger partial charge in [0.25, 0.3) is 0 Å². The van der Waals surface area contributed by atoms with Crippen LogP contribution in [-0.4, -0.2) is 97.2 Å². The first-order valence-electron chi connectivity index (χ1n) is 9.46. The fourth-order valence-corrected chi connectivity index (χ4v) is 3.40. The van der Waals surface area contributed by atoms with Crippen LogP contribution in [-0.2, 0) is 19.2 Å². The molecule has 0 aromatic carbocycles. The molecule has 11 nitrogen and oxygen atoms in total. The number of primary amides is 4. The van der Waals surface area contributed by atoms with Crippen LogP contribution in [0.2, 0.25) is 0 Å². The maximum Gasteiger partial charge on any atom is 0.231 e. The number of hydrogen-bond donors (Lipinski definition) is 4. The maximum absolute atomic E-state index is 11.4. The van der Waals surface area contributed by atoms with Gasteiger partial charge in [-0.05, 0) is 31.8 Å². The molecule has 0 atom stereocenters. The zero-order valence-corrected chi connectivity index (χ0v) is 16.3. The molecule has 0 unspecified atom stereocenters. The number of nitrogens with zero attached hydrogens (tertiary/aromatic N) is 3. The zero-order valence-electron chi connectivity index (χ0n) is 16.3. The molecule has 8 N–H and O–H groups in total. The topological polar surface area (TPSA) is 182 Å². The van der Waals surface area contributed by atoms with E-state index in [4.69, 9.17) is 22.9 Å². The molecule has 0 aliphatic carbocycles. The molecule has 0 bridgehead atoms. The minimum atomic E-state index is -0.448. The summed E-state index contributed by atoms with van der Waals surface area (Å²) >= 11 is 0. The van der Waals surface area contributed by atoms with Crippen molar-refractivity contribution in [2.45, 2.75) is 19.3 Å². The van der Waals surface area contributed by atoms with Crippen LogP contribution in [0.15, 0.2) is 0 Å². The van der Waals surface area contributed by atoms with E-state index in [1.807, 2.05) is 14.7 Å². The van der Waals surface area contributed by atoms with Crippen LogP contribution in [0.4, 0.5) is 0 Å². The van der Waals surface area contributed by atoms with Gasteiger partial charge in [-0.15, -0.1) is 0 Å². The zero-order chi connectivity index (χ0) is 21.1. The smallest absolute Gasteiger partial charge is 0.231 e. The molecule has 1 saturated heterocycles. The second-order valence-electron chi connectivity index (χ2n) is 7.34. The van der Waals surface area contributed by atoms with E-state index >= 15 is 0 Å². The molecule has 1 fully saturated rings. The van der Waals surface area contributed by atoms with Gasteiger partial charge in [0.05, 0.1) is 19.6 Å². The first-order chi connectivity index (χ1) is 13.2. The van der Waals surface area contributed by atoms with Crippen molar-refractivity contribution in [2.24, 2.45) is 28.9 Å². The second kappa shape index (κ2) is 12.3. The van der Waals surface area contributed by atoms with Gasteiger partial charge < -0.3 is 22.9 Å². The Morgan fingerprint density at radius 1 is 0.571 bits per heavy atom. The molecule has 0 aromatic rings. The lowest BCUT2D eigenvalue weighted by Gasteiger charge is -2.31. The first-order valence-corrected chi connectivity index (χ1v) is 9.46. The predicted octanol–water partition coefficient (Wildman–Crippen LogP) is -3.37. The summed E-state index contributed by atoms with van der Waals surface area (Å²) in [5, 5.41) is 0. The number of carbonyl (C=O) groups is 4. The highest BCUT2D eigenvalue weighted by atomic mass is 16.2. The molecular formula is C17H33N7O4. The van der Waals surface area contributed by atoms with Gasteiger partial charge in [-0.25, -0.2) is 0 Å². The lowest BCUT2D eigenvalue weighted by molar-refractivity contribution is -0.121. The number of nitrogens with two attached hydrogens (primary N) is 4. The number of rotatable bonds is 8. The van der Waals surface area contributed by atoms with Crippen molar-refractivity contribution in [3.05, 3.63) is 0 Å². The molecule has 0 radical (unpaired) electrons. The van der Waals surface area contributed by atoms with Crippen molar-refractivity contribution in [1.29, 1.82) is 0 Å². The highest BCUT2D eigenvalue weighted by molar-refractivity contribution is 5.76. The van der Waals surface area contributed by atoms with E-state index < -0.39 is 17.7 Å². The second-order valence-corrected chi connectivity index (χ2v) is 7.34. The van der Waals surface area contributed by atoms with Crippen LogP contribution in [0.25, 0.3) is 0 Å². The fourth-order valence-electron chi connectivity index (χ4n) is 3.40. The summed E-state index contributed by atoms with van der Waals surface area (Å²) in [6, 6.07) is 0. The third-order valence-corrected chi connectivity index (χ3v) is 4.80. The van der Waals surface area contributed by atoms with E-state index in [0.29, 0.717) is 52.1 Å². The molecule has 1 rings (SSSR count). The Labute approximate surface area is 165 Å². The molecule has 4 amide bonds. The number of carbonyl (C=O) groups excluding carboxylic acids is 4. The summed E-state index contributed by atoms with van der Waals surface area (Å²) in [6.07, 6.45) is 1.57. The lowest BCUT2D eigenvalue weighted by atomic mass is 9.96. The highest BCUT2D eigenvalue weighted by Gasteiger charge is 2.21. The van der Waals surface area contributed by atoms with Gasteiger partial charge in [-0.1, -0.05) is 0 Å². The van der Waals surface area contributed by atoms with Crippen molar-refractivity contribution < 1.29 is 19.2 Å². The third kappa shape index (κ3) is 10.8. The summed E-state index contributed by atoms with van der Waals surface area (Å²) in [6.45, 7) is 3.50. The molecule has 11 heteroatoms.